The largest absolute Gasteiger partial charge is 0.403 e. The Balaban J connectivity index is 0.000000680. The van der Waals surface area contributed by atoms with E-state index in [2.05, 4.69) is 4.98 Å². The molecule has 26 heavy (non-hydrogen) atoms. The zero-order valence-electron chi connectivity index (χ0n) is 17.0. The van der Waals surface area contributed by atoms with Crippen molar-refractivity contribution in [2.45, 2.75) is 48.5 Å². The minimum Gasteiger partial charge on any atom is -0.403 e. The Morgan fingerprint density at radius 1 is 0.846 bits per heavy atom. The van der Waals surface area contributed by atoms with Gasteiger partial charge in [-0.15, -0.1) is 0 Å². The fourth-order valence-electron chi connectivity index (χ4n) is 1.84. The highest BCUT2D eigenvalue weighted by Gasteiger charge is 2.07. The summed E-state index contributed by atoms with van der Waals surface area (Å²) in [6.07, 6.45) is 4.00. The van der Waals surface area contributed by atoms with Crippen LogP contribution in [0.4, 0.5) is 0 Å². The lowest BCUT2D eigenvalue weighted by molar-refractivity contribution is 0.518. The van der Waals surface area contributed by atoms with Crippen LogP contribution in [0.25, 0.3) is 22.4 Å². The molecule has 3 aromatic rings. The maximum absolute atomic E-state index is 11.8. The van der Waals surface area contributed by atoms with Crippen LogP contribution in [0, 0.1) is 6.92 Å². The average molecular weight is 354 g/mol. The van der Waals surface area contributed by atoms with Crippen LogP contribution < -0.4 is 5.63 Å². The minimum absolute atomic E-state index is 0.351. The molecule has 3 nitrogen and oxygen atoms in total. The summed E-state index contributed by atoms with van der Waals surface area (Å²) in [6.45, 7) is 14.0. The van der Waals surface area contributed by atoms with Gasteiger partial charge in [0, 0.05) is 5.56 Å². The zero-order valence-corrected chi connectivity index (χ0v) is 17.0. The topological polar surface area (TPSA) is 43.1 Å². The van der Waals surface area contributed by atoms with Crippen LogP contribution >= 0.6 is 0 Å². The first-order valence-corrected chi connectivity index (χ1v) is 9.20. The highest BCUT2D eigenvalue weighted by Crippen LogP contribution is 2.18. The van der Waals surface area contributed by atoms with Crippen LogP contribution in [-0.2, 0) is 0 Å². The number of aryl methyl sites for hydroxylation is 1. The van der Waals surface area contributed by atoms with E-state index in [1.165, 1.54) is 0 Å². The second-order valence-corrected chi connectivity index (χ2v) is 4.86. The Morgan fingerprint density at radius 2 is 1.38 bits per heavy atom. The van der Waals surface area contributed by atoms with Crippen LogP contribution in [0.3, 0.4) is 0 Å². The van der Waals surface area contributed by atoms with Gasteiger partial charge in [-0.2, -0.15) is 0 Å². The van der Waals surface area contributed by atoms with Gasteiger partial charge in [-0.25, -0.2) is 9.78 Å². The number of para-hydroxylation sites is 1. The Labute approximate surface area is 157 Å². The third kappa shape index (κ3) is 7.06. The number of nitrogens with zero attached hydrogens (tertiary/aromatic N) is 1. The molecule has 0 fully saturated rings. The molecule has 1 heterocycles. The lowest BCUT2D eigenvalue weighted by atomic mass is 10.1. The SMILES string of the molecule is C/C=C\C.CC.CC.Cc1ccc(-c2nc3ccccc3c(=O)o2)cc1. The summed E-state index contributed by atoms with van der Waals surface area (Å²) < 4.78 is 5.25. The zero-order chi connectivity index (χ0) is 19.9. The third-order valence-electron chi connectivity index (χ3n) is 3.17. The lowest BCUT2D eigenvalue weighted by Gasteiger charge is -2.01. The molecule has 0 saturated carbocycles. The van der Waals surface area contributed by atoms with Gasteiger partial charge in [-0.05, 0) is 45.0 Å². The Morgan fingerprint density at radius 3 is 1.92 bits per heavy atom. The highest BCUT2D eigenvalue weighted by molar-refractivity contribution is 5.78. The Bertz CT molecular complexity index is 827. The highest BCUT2D eigenvalue weighted by atomic mass is 16.4. The molecular weight excluding hydrogens is 322 g/mol. The molecule has 0 aliphatic rings. The van der Waals surface area contributed by atoms with E-state index in [9.17, 15) is 4.79 Å². The minimum atomic E-state index is -0.351. The van der Waals surface area contributed by atoms with Gasteiger partial charge in [0.15, 0.2) is 0 Å². The number of fused-ring (bicyclic) bond motifs is 1. The van der Waals surface area contributed by atoms with Gasteiger partial charge < -0.3 is 4.42 Å². The van der Waals surface area contributed by atoms with Crippen molar-refractivity contribution in [3.63, 3.8) is 0 Å². The van der Waals surface area contributed by atoms with Crippen LogP contribution in [0.2, 0.25) is 0 Å². The number of benzene rings is 2. The fourth-order valence-corrected chi connectivity index (χ4v) is 1.84. The van der Waals surface area contributed by atoms with Crippen molar-refractivity contribution in [1.29, 1.82) is 0 Å². The lowest BCUT2D eigenvalue weighted by Crippen LogP contribution is -2.02. The summed E-state index contributed by atoms with van der Waals surface area (Å²) in [7, 11) is 0. The van der Waals surface area contributed by atoms with E-state index >= 15 is 0 Å². The van der Waals surface area contributed by atoms with Crippen LogP contribution in [0.5, 0.6) is 0 Å². The van der Waals surface area contributed by atoms with E-state index < -0.39 is 0 Å². The van der Waals surface area contributed by atoms with Crippen LogP contribution in [0.15, 0.2) is 69.9 Å². The molecule has 2 aromatic carbocycles. The van der Waals surface area contributed by atoms with Gasteiger partial charge in [0.2, 0.25) is 5.89 Å². The van der Waals surface area contributed by atoms with Crippen molar-refractivity contribution in [2.24, 2.45) is 0 Å². The molecule has 1 aromatic heterocycles. The number of hydrogen-bond donors (Lipinski definition) is 0. The molecule has 0 bridgehead atoms. The monoisotopic (exact) mass is 353 g/mol. The van der Waals surface area contributed by atoms with Gasteiger partial charge >= 0.3 is 5.63 Å². The number of hydrogen-bond acceptors (Lipinski definition) is 3. The summed E-state index contributed by atoms with van der Waals surface area (Å²) in [6, 6.07) is 14.9. The van der Waals surface area contributed by atoms with Gasteiger partial charge in [0.25, 0.3) is 0 Å². The van der Waals surface area contributed by atoms with Gasteiger partial charge in [-0.3, -0.25) is 0 Å². The summed E-state index contributed by atoms with van der Waals surface area (Å²) in [5.41, 5.74) is 2.27. The van der Waals surface area contributed by atoms with E-state index in [0.29, 0.717) is 16.8 Å². The number of aromatic nitrogens is 1. The predicted octanol–water partition coefficient (Wildman–Crippen LogP) is 6.80. The summed E-state index contributed by atoms with van der Waals surface area (Å²) in [5, 5.41) is 0.508. The maximum atomic E-state index is 11.8. The van der Waals surface area contributed by atoms with Crippen molar-refractivity contribution in [3.05, 3.63) is 76.7 Å². The van der Waals surface area contributed by atoms with E-state index in [-0.39, 0.29) is 5.63 Å². The first-order chi connectivity index (χ1) is 12.7. The predicted molar refractivity (Wildman–Crippen MR) is 114 cm³/mol. The Kier molecular flexibility index (Phi) is 12.2. The second kappa shape index (κ2) is 13.6. The van der Waals surface area contributed by atoms with E-state index in [1.54, 1.807) is 12.1 Å². The summed E-state index contributed by atoms with van der Waals surface area (Å²) in [5.74, 6) is 0.360. The molecule has 0 N–H and O–H groups in total. The van der Waals surface area contributed by atoms with Crippen molar-refractivity contribution in [1.82, 2.24) is 4.98 Å². The first kappa shape index (κ1) is 23.3. The molecule has 0 amide bonds. The van der Waals surface area contributed by atoms with Crippen molar-refractivity contribution in [3.8, 4) is 11.5 Å². The standard InChI is InChI=1S/C15H11NO2.C4H8.2C2H6/c1-10-6-8-11(9-7-10)14-16-13-5-3-2-4-12(13)15(17)18-14;1-3-4-2;2*1-2/h2-9H,1H3;3-4H,1-2H3;2*1-2H3/b;4-3-;;. The molecule has 0 aliphatic heterocycles. The quantitative estimate of drug-likeness (QED) is 0.452. The fraction of sp³-hybridized carbons (Fsp3) is 0.304. The molecule has 3 heteroatoms. The van der Waals surface area contributed by atoms with Crippen LogP contribution in [-0.4, -0.2) is 4.98 Å². The molecule has 0 aliphatic carbocycles. The first-order valence-electron chi connectivity index (χ1n) is 9.20. The van der Waals surface area contributed by atoms with Crippen LogP contribution in [0.1, 0.15) is 47.1 Å². The molecular formula is C23H31NO2. The van der Waals surface area contributed by atoms with Crippen molar-refractivity contribution >= 4 is 10.9 Å². The van der Waals surface area contributed by atoms with Gasteiger partial charge in [0.1, 0.15) is 0 Å². The average Bonchev–Trinajstić information content (AvgIpc) is 2.72. The van der Waals surface area contributed by atoms with Gasteiger partial charge in [-0.1, -0.05) is 69.7 Å². The number of allylic oxidation sites excluding steroid dienone is 2. The van der Waals surface area contributed by atoms with Gasteiger partial charge in [0.05, 0.1) is 10.9 Å². The summed E-state index contributed by atoms with van der Waals surface area (Å²) >= 11 is 0. The molecule has 0 unspecified atom stereocenters. The molecule has 0 atom stereocenters. The smallest absolute Gasteiger partial charge is 0.347 e. The molecule has 3 rings (SSSR count). The van der Waals surface area contributed by atoms with E-state index in [0.717, 1.165) is 11.1 Å². The molecule has 140 valence electrons. The third-order valence-corrected chi connectivity index (χ3v) is 3.17. The van der Waals surface area contributed by atoms with E-state index in [1.807, 2.05) is 97.0 Å². The molecule has 0 spiro atoms. The van der Waals surface area contributed by atoms with Crippen molar-refractivity contribution in [2.75, 3.05) is 0 Å². The Hall–Kier alpha value is -2.68. The normalized spacial score (nSPS) is 9.35. The number of rotatable bonds is 1. The van der Waals surface area contributed by atoms with Crippen molar-refractivity contribution < 1.29 is 4.42 Å². The van der Waals surface area contributed by atoms with E-state index in [4.69, 9.17) is 4.42 Å². The summed E-state index contributed by atoms with van der Waals surface area (Å²) in [4.78, 5) is 16.2. The molecule has 0 saturated heterocycles. The maximum Gasteiger partial charge on any atom is 0.347 e. The molecule has 0 radical (unpaired) electrons. The second-order valence-electron chi connectivity index (χ2n) is 4.86.